The lowest BCUT2D eigenvalue weighted by atomic mass is 9.99. The molecule has 3 nitrogen and oxygen atoms in total. The number of hydrogen-bond donors (Lipinski definition) is 1. The molecule has 2 fully saturated rings. The van der Waals surface area contributed by atoms with Crippen molar-refractivity contribution in [3.8, 4) is 0 Å². The fourth-order valence-electron chi connectivity index (χ4n) is 3.09. The predicted molar refractivity (Wildman–Crippen MR) is 76.4 cm³/mol. The monoisotopic (exact) mass is 278 g/mol. The number of halogens is 1. The fourth-order valence-corrected chi connectivity index (χ4v) is 3.22. The Morgan fingerprint density at radius 2 is 2.05 bits per heavy atom. The quantitative estimate of drug-likeness (QED) is 0.900. The zero-order valence-electron chi connectivity index (χ0n) is 10.9. The van der Waals surface area contributed by atoms with Gasteiger partial charge in [0.15, 0.2) is 0 Å². The summed E-state index contributed by atoms with van der Waals surface area (Å²) in [6.07, 6.45) is 2.05. The molecule has 0 unspecified atom stereocenters. The third-order valence-corrected chi connectivity index (χ3v) is 4.50. The molecule has 1 aromatic rings. The van der Waals surface area contributed by atoms with E-state index in [1.54, 1.807) is 0 Å². The van der Waals surface area contributed by atoms with Gasteiger partial charge in [0.2, 0.25) is 5.91 Å². The van der Waals surface area contributed by atoms with E-state index >= 15 is 0 Å². The molecule has 0 spiro atoms. The third kappa shape index (κ3) is 2.77. The second kappa shape index (κ2) is 5.51. The van der Waals surface area contributed by atoms with Crippen LogP contribution >= 0.6 is 11.6 Å². The zero-order chi connectivity index (χ0) is 13.2. The van der Waals surface area contributed by atoms with Crippen LogP contribution in [0.5, 0.6) is 0 Å². The minimum absolute atomic E-state index is 0.198. The highest BCUT2D eigenvalue weighted by molar-refractivity contribution is 6.30. The Bertz CT molecular complexity index is 454. The molecule has 2 atom stereocenters. The van der Waals surface area contributed by atoms with E-state index in [1.165, 1.54) is 5.56 Å². The molecular formula is C15H19ClN2O. The Kier molecular flexibility index (Phi) is 3.76. The first-order valence-electron chi connectivity index (χ1n) is 6.99. The summed E-state index contributed by atoms with van der Waals surface area (Å²) in [4.78, 5) is 14.4. The maximum atomic E-state index is 12.3. The number of likely N-dealkylation sites (tertiary alicyclic amines) is 1. The van der Waals surface area contributed by atoms with Crippen LogP contribution in [-0.2, 0) is 4.79 Å². The van der Waals surface area contributed by atoms with Crippen molar-refractivity contribution in [3.63, 3.8) is 0 Å². The molecule has 0 saturated carbocycles. The van der Waals surface area contributed by atoms with E-state index in [0.29, 0.717) is 11.8 Å². The molecule has 0 bridgehead atoms. The van der Waals surface area contributed by atoms with Crippen LogP contribution < -0.4 is 5.32 Å². The number of rotatable bonds is 2. The molecular weight excluding hydrogens is 260 g/mol. The van der Waals surface area contributed by atoms with Gasteiger partial charge in [-0.3, -0.25) is 4.79 Å². The Balaban J connectivity index is 1.63. The molecule has 2 aliphatic rings. The smallest absolute Gasteiger partial charge is 0.227 e. The van der Waals surface area contributed by atoms with Gasteiger partial charge < -0.3 is 10.2 Å². The zero-order valence-corrected chi connectivity index (χ0v) is 11.7. The van der Waals surface area contributed by atoms with Crippen LogP contribution in [0.3, 0.4) is 0 Å². The van der Waals surface area contributed by atoms with E-state index in [1.807, 2.05) is 17.0 Å². The summed E-state index contributed by atoms with van der Waals surface area (Å²) in [5.41, 5.74) is 1.30. The van der Waals surface area contributed by atoms with Gasteiger partial charge in [-0.05, 0) is 37.1 Å². The van der Waals surface area contributed by atoms with E-state index < -0.39 is 0 Å². The Morgan fingerprint density at radius 3 is 2.74 bits per heavy atom. The van der Waals surface area contributed by atoms with Gasteiger partial charge in [0.25, 0.3) is 0 Å². The third-order valence-electron chi connectivity index (χ3n) is 4.25. The highest BCUT2D eigenvalue weighted by atomic mass is 35.5. The average molecular weight is 279 g/mol. The standard InChI is InChI=1S/C15H19ClN2O/c16-14-3-1-11(2-4-14)13-6-8-18(10-13)15(19)12-5-7-17-9-12/h1-4,12-13,17H,5-10H2/t12-,13-/m0/s1. The van der Waals surface area contributed by atoms with E-state index in [0.717, 1.165) is 44.0 Å². The summed E-state index contributed by atoms with van der Waals surface area (Å²) in [5, 5.41) is 4.03. The van der Waals surface area contributed by atoms with Gasteiger partial charge in [-0.25, -0.2) is 0 Å². The molecule has 2 saturated heterocycles. The minimum atomic E-state index is 0.198. The molecule has 1 N–H and O–H groups in total. The molecule has 4 heteroatoms. The van der Waals surface area contributed by atoms with Gasteiger partial charge in [0.05, 0.1) is 5.92 Å². The summed E-state index contributed by atoms with van der Waals surface area (Å²) in [7, 11) is 0. The van der Waals surface area contributed by atoms with E-state index in [2.05, 4.69) is 17.4 Å². The molecule has 19 heavy (non-hydrogen) atoms. The Morgan fingerprint density at radius 1 is 1.26 bits per heavy atom. The normalized spacial score (nSPS) is 26.9. The van der Waals surface area contributed by atoms with E-state index in [-0.39, 0.29) is 5.92 Å². The lowest BCUT2D eigenvalue weighted by molar-refractivity contribution is -0.133. The van der Waals surface area contributed by atoms with Crippen molar-refractivity contribution in [3.05, 3.63) is 34.9 Å². The first-order chi connectivity index (χ1) is 9.24. The van der Waals surface area contributed by atoms with Gasteiger partial charge in [-0.1, -0.05) is 23.7 Å². The highest BCUT2D eigenvalue weighted by Crippen LogP contribution is 2.29. The summed E-state index contributed by atoms with van der Waals surface area (Å²) in [6, 6.07) is 8.03. The number of benzene rings is 1. The van der Waals surface area contributed by atoms with Crippen LogP contribution in [0.15, 0.2) is 24.3 Å². The number of hydrogen-bond acceptors (Lipinski definition) is 2. The second-order valence-corrected chi connectivity index (χ2v) is 5.95. The van der Waals surface area contributed by atoms with Gasteiger partial charge >= 0.3 is 0 Å². The number of carbonyl (C=O) groups is 1. The minimum Gasteiger partial charge on any atom is -0.342 e. The molecule has 1 amide bonds. The van der Waals surface area contributed by atoms with Gasteiger partial charge in [0.1, 0.15) is 0 Å². The van der Waals surface area contributed by atoms with Gasteiger partial charge in [-0.15, -0.1) is 0 Å². The van der Waals surface area contributed by atoms with Crippen LogP contribution in [0.25, 0.3) is 0 Å². The second-order valence-electron chi connectivity index (χ2n) is 5.51. The van der Waals surface area contributed by atoms with Crippen molar-refractivity contribution in [1.82, 2.24) is 10.2 Å². The topological polar surface area (TPSA) is 32.3 Å². The van der Waals surface area contributed by atoms with Crippen LogP contribution in [-0.4, -0.2) is 37.0 Å². The van der Waals surface area contributed by atoms with E-state index in [9.17, 15) is 4.79 Å². The van der Waals surface area contributed by atoms with E-state index in [4.69, 9.17) is 11.6 Å². The molecule has 0 radical (unpaired) electrons. The summed E-state index contributed by atoms with van der Waals surface area (Å²) < 4.78 is 0. The SMILES string of the molecule is O=C([C@H]1CCNC1)N1CC[C@H](c2ccc(Cl)cc2)C1. The summed E-state index contributed by atoms with van der Waals surface area (Å²) >= 11 is 5.91. The van der Waals surface area contributed by atoms with Crippen molar-refractivity contribution >= 4 is 17.5 Å². The van der Waals surface area contributed by atoms with Crippen molar-refractivity contribution in [2.45, 2.75) is 18.8 Å². The number of nitrogens with zero attached hydrogens (tertiary/aromatic N) is 1. The molecule has 1 aromatic carbocycles. The van der Waals surface area contributed by atoms with Crippen molar-refractivity contribution in [1.29, 1.82) is 0 Å². The highest BCUT2D eigenvalue weighted by Gasteiger charge is 2.32. The predicted octanol–water partition coefficient (Wildman–Crippen LogP) is 2.27. The number of nitrogens with one attached hydrogen (secondary N) is 1. The largest absolute Gasteiger partial charge is 0.342 e. The van der Waals surface area contributed by atoms with Gasteiger partial charge in [0, 0.05) is 30.6 Å². The van der Waals surface area contributed by atoms with Crippen LogP contribution in [0.4, 0.5) is 0 Å². The van der Waals surface area contributed by atoms with Crippen molar-refractivity contribution in [2.24, 2.45) is 5.92 Å². The summed E-state index contributed by atoms with van der Waals surface area (Å²) in [6.45, 7) is 3.57. The molecule has 2 aliphatic heterocycles. The van der Waals surface area contributed by atoms with Crippen LogP contribution in [0, 0.1) is 5.92 Å². The number of amides is 1. The first-order valence-corrected chi connectivity index (χ1v) is 7.37. The average Bonchev–Trinajstić information content (AvgIpc) is 3.10. The maximum absolute atomic E-state index is 12.3. The molecule has 0 aromatic heterocycles. The van der Waals surface area contributed by atoms with Crippen molar-refractivity contribution in [2.75, 3.05) is 26.2 Å². The molecule has 0 aliphatic carbocycles. The fraction of sp³-hybridized carbons (Fsp3) is 0.533. The maximum Gasteiger partial charge on any atom is 0.227 e. The Hall–Kier alpha value is -1.06. The number of carbonyl (C=O) groups excluding carboxylic acids is 1. The van der Waals surface area contributed by atoms with Gasteiger partial charge in [-0.2, -0.15) is 0 Å². The van der Waals surface area contributed by atoms with Crippen LogP contribution in [0.2, 0.25) is 5.02 Å². The lowest BCUT2D eigenvalue weighted by Crippen LogP contribution is -2.35. The molecule has 102 valence electrons. The first kappa shape index (κ1) is 12.9. The van der Waals surface area contributed by atoms with Crippen LogP contribution in [0.1, 0.15) is 24.3 Å². The van der Waals surface area contributed by atoms with Crippen molar-refractivity contribution < 1.29 is 4.79 Å². The molecule has 3 rings (SSSR count). The Labute approximate surface area is 118 Å². The summed E-state index contributed by atoms with van der Waals surface area (Å²) in [5.74, 6) is 1.00. The lowest BCUT2D eigenvalue weighted by Gasteiger charge is -2.20. The molecule has 2 heterocycles.